The minimum absolute atomic E-state index is 0.00910. The highest BCUT2D eigenvalue weighted by Crippen LogP contribution is 2.50. The van der Waals surface area contributed by atoms with Crippen molar-refractivity contribution in [3.63, 3.8) is 0 Å². The van der Waals surface area contributed by atoms with Gasteiger partial charge in [-0.2, -0.15) is 0 Å². The second kappa shape index (κ2) is 7.68. The molecule has 0 unspecified atom stereocenters. The molecule has 5 aromatic rings. The molecule has 0 amide bonds. The molecule has 172 valence electrons. The number of hydrogen-bond acceptors (Lipinski definition) is 0. The van der Waals surface area contributed by atoms with Crippen LogP contribution in [0.2, 0.25) is 0 Å². The molecule has 0 bridgehead atoms. The van der Waals surface area contributed by atoms with Crippen LogP contribution in [0.4, 0.5) is 0 Å². The maximum atomic E-state index is 2.44. The second-order valence-electron chi connectivity index (χ2n) is 11.5. The third-order valence-corrected chi connectivity index (χ3v) is 7.86. The predicted molar refractivity (Wildman–Crippen MR) is 151 cm³/mol. The van der Waals surface area contributed by atoms with Crippen LogP contribution in [-0.4, -0.2) is 0 Å². The van der Waals surface area contributed by atoms with Crippen molar-refractivity contribution in [3.8, 4) is 33.4 Å². The zero-order chi connectivity index (χ0) is 24.4. The predicted octanol–water partition coefficient (Wildman–Crippen LogP) is 9.78. The first-order chi connectivity index (χ1) is 16.7. The van der Waals surface area contributed by atoms with E-state index in [1.165, 1.54) is 60.8 Å². The van der Waals surface area contributed by atoms with Crippen LogP contribution in [-0.2, 0) is 10.8 Å². The van der Waals surface area contributed by atoms with E-state index in [2.05, 4.69) is 138 Å². The molecule has 0 N–H and O–H groups in total. The maximum Gasteiger partial charge on any atom is 0.0159 e. The molecule has 0 saturated heterocycles. The van der Waals surface area contributed by atoms with Gasteiger partial charge in [-0.05, 0) is 72.3 Å². The summed E-state index contributed by atoms with van der Waals surface area (Å²) in [5.41, 5.74) is 12.3. The summed E-state index contributed by atoms with van der Waals surface area (Å²) in [5.74, 6) is 0. The third kappa shape index (κ3) is 3.51. The third-order valence-electron chi connectivity index (χ3n) is 7.86. The van der Waals surface area contributed by atoms with Gasteiger partial charge in [0.25, 0.3) is 0 Å². The van der Waals surface area contributed by atoms with Gasteiger partial charge < -0.3 is 0 Å². The molecule has 0 radical (unpaired) electrons. The summed E-state index contributed by atoms with van der Waals surface area (Å²) < 4.78 is 0. The molecule has 1 aliphatic carbocycles. The first-order valence-corrected chi connectivity index (χ1v) is 12.6. The molecule has 1 aliphatic rings. The van der Waals surface area contributed by atoms with Crippen molar-refractivity contribution in [2.75, 3.05) is 0 Å². The van der Waals surface area contributed by atoms with Crippen molar-refractivity contribution < 1.29 is 0 Å². The summed E-state index contributed by atoms with van der Waals surface area (Å²) in [6.07, 6.45) is 0. The SMILES string of the molecule is CC(C)(C)c1ccc2c(c1)C(C)(C)c1cc(-c3ccc(-c4cccc5ccccc45)cc3)ccc1-2. The molecule has 0 aromatic heterocycles. The molecule has 6 rings (SSSR count). The molecule has 0 nitrogen and oxygen atoms in total. The van der Waals surface area contributed by atoms with Crippen molar-refractivity contribution in [2.45, 2.75) is 45.4 Å². The Morgan fingerprint density at radius 3 is 1.86 bits per heavy atom. The average Bonchev–Trinajstić information content (AvgIpc) is 3.09. The summed E-state index contributed by atoms with van der Waals surface area (Å²) in [6.45, 7) is 11.6. The number of rotatable bonds is 2. The summed E-state index contributed by atoms with van der Waals surface area (Å²) in [6, 6.07) is 38.4. The highest BCUT2D eigenvalue weighted by Gasteiger charge is 2.36. The quantitative estimate of drug-likeness (QED) is 0.250. The summed E-state index contributed by atoms with van der Waals surface area (Å²) >= 11 is 0. The minimum atomic E-state index is -0.00910. The summed E-state index contributed by atoms with van der Waals surface area (Å²) in [5, 5.41) is 2.58. The lowest BCUT2D eigenvalue weighted by atomic mass is 9.78. The molecule has 0 heteroatoms. The fraction of sp³-hybridized carbons (Fsp3) is 0.200. The highest BCUT2D eigenvalue weighted by atomic mass is 14.4. The van der Waals surface area contributed by atoms with E-state index in [0.29, 0.717) is 0 Å². The van der Waals surface area contributed by atoms with Crippen LogP contribution in [0.25, 0.3) is 44.2 Å². The standard InChI is InChI=1S/C35H32/c1-34(2,3)27-18-20-31-30-19-17-26(21-32(30)35(4,5)33(31)22-27)23-13-15-25(16-14-23)29-12-8-10-24-9-6-7-11-28(24)29/h6-22H,1-5H3. The van der Waals surface area contributed by atoms with E-state index in [0.717, 1.165) is 0 Å². The van der Waals surface area contributed by atoms with Crippen molar-refractivity contribution in [1.82, 2.24) is 0 Å². The second-order valence-corrected chi connectivity index (χ2v) is 11.5. The Bertz CT molecular complexity index is 1570. The van der Waals surface area contributed by atoms with Crippen LogP contribution >= 0.6 is 0 Å². The van der Waals surface area contributed by atoms with E-state index in [4.69, 9.17) is 0 Å². The summed E-state index contributed by atoms with van der Waals surface area (Å²) in [7, 11) is 0. The maximum absolute atomic E-state index is 2.44. The first-order valence-electron chi connectivity index (χ1n) is 12.6. The fourth-order valence-corrected chi connectivity index (χ4v) is 5.70. The van der Waals surface area contributed by atoms with Crippen LogP contribution < -0.4 is 0 Å². The van der Waals surface area contributed by atoms with Crippen LogP contribution in [0.15, 0.2) is 103 Å². The molecule has 0 heterocycles. The Morgan fingerprint density at radius 1 is 0.514 bits per heavy atom. The van der Waals surface area contributed by atoms with E-state index in [-0.39, 0.29) is 10.8 Å². The summed E-state index contributed by atoms with van der Waals surface area (Å²) in [4.78, 5) is 0. The van der Waals surface area contributed by atoms with Crippen molar-refractivity contribution >= 4 is 10.8 Å². The van der Waals surface area contributed by atoms with Crippen LogP contribution in [0.3, 0.4) is 0 Å². The first kappa shape index (κ1) is 21.9. The van der Waals surface area contributed by atoms with Gasteiger partial charge in [-0.1, -0.05) is 132 Å². The normalized spacial score (nSPS) is 14.1. The smallest absolute Gasteiger partial charge is 0.0159 e. The molecular weight excluding hydrogens is 420 g/mol. The van der Waals surface area contributed by atoms with Gasteiger partial charge in [-0.15, -0.1) is 0 Å². The van der Waals surface area contributed by atoms with E-state index >= 15 is 0 Å². The van der Waals surface area contributed by atoms with Gasteiger partial charge in [0.2, 0.25) is 0 Å². The van der Waals surface area contributed by atoms with Crippen molar-refractivity contribution in [3.05, 3.63) is 120 Å². The van der Waals surface area contributed by atoms with Gasteiger partial charge in [0.05, 0.1) is 0 Å². The Morgan fingerprint density at radius 2 is 1.11 bits per heavy atom. The highest BCUT2D eigenvalue weighted by molar-refractivity contribution is 5.97. The van der Waals surface area contributed by atoms with Crippen LogP contribution in [0.1, 0.15) is 51.3 Å². The molecule has 0 fully saturated rings. The topological polar surface area (TPSA) is 0 Å². The Labute approximate surface area is 209 Å². The van der Waals surface area contributed by atoms with Crippen molar-refractivity contribution in [2.24, 2.45) is 0 Å². The van der Waals surface area contributed by atoms with Crippen molar-refractivity contribution in [1.29, 1.82) is 0 Å². The molecule has 0 saturated carbocycles. The minimum Gasteiger partial charge on any atom is -0.0616 e. The Kier molecular flexibility index (Phi) is 4.80. The Balaban J connectivity index is 1.39. The van der Waals surface area contributed by atoms with Gasteiger partial charge in [-0.3, -0.25) is 0 Å². The molecule has 0 aliphatic heterocycles. The van der Waals surface area contributed by atoms with E-state index in [9.17, 15) is 0 Å². The zero-order valence-electron chi connectivity index (χ0n) is 21.3. The molecule has 35 heavy (non-hydrogen) atoms. The number of fused-ring (bicyclic) bond motifs is 4. The number of benzene rings is 5. The van der Waals surface area contributed by atoms with E-state index in [1.807, 2.05) is 0 Å². The number of hydrogen-bond donors (Lipinski definition) is 0. The lowest BCUT2D eigenvalue weighted by Crippen LogP contribution is -2.17. The molecule has 0 atom stereocenters. The van der Waals surface area contributed by atoms with Gasteiger partial charge in [-0.25, -0.2) is 0 Å². The molecule has 5 aromatic carbocycles. The van der Waals surface area contributed by atoms with Gasteiger partial charge in [0.1, 0.15) is 0 Å². The average molecular weight is 453 g/mol. The van der Waals surface area contributed by atoms with Crippen LogP contribution in [0, 0.1) is 0 Å². The van der Waals surface area contributed by atoms with Gasteiger partial charge in [0.15, 0.2) is 0 Å². The fourth-order valence-electron chi connectivity index (χ4n) is 5.70. The molecular formula is C35H32. The van der Waals surface area contributed by atoms with Gasteiger partial charge in [0, 0.05) is 5.41 Å². The van der Waals surface area contributed by atoms with E-state index in [1.54, 1.807) is 0 Å². The lowest BCUT2D eigenvalue weighted by Gasteiger charge is -2.25. The largest absolute Gasteiger partial charge is 0.0616 e. The monoisotopic (exact) mass is 452 g/mol. The van der Waals surface area contributed by atoms with Gasteiger partial charge >= 0.3 is 0 Å². The Hall–Kier alpha value is -3.64. The zero-order valence-corrected chi connectivity index (χ0v) is 21.3. The lowest BCUT2D eigenvalue weighted by molar-refractivity contribution is 0.584. The van der Waals surface area contributed by atoms with E-state index < -0.39 is 0 Å². The molecule has 0 spiro atoms. The van der Waals surface area contributed by atoms with Crippen LogP contribution in [0.5, 0.6) is 0 Å².